The molecule has 1 aromatic heterocycles. The molecule has 0 aliphatic rings. The highest BCUT2D eigenvalue weighted by Crippen LogP contribution is 2.22. The van der Waals surface area contributed by atoms with E-state index in [2.05, 4.69) is 49.8 Å². The Bertz CT molecular complexity index is 730. The second kappa shape index (κ2) is 16.5. The van der Waals surface area contributed by atoms with E-state index in [0.717, 1.165) is 48.2 Å². The van der Waals surface area contributed by atoms with Crippen LogP contribution in [0.25, 0.3) is 11.1 Å². The lowest BCUT2D eigenvalue weighted by Crippen LogP contribution is -2.01. The average molecular weight is 455 g/mol. The summed E-state index contributed by atoms with van der Waals surface area (Å²) < 4.78 is 11.6. The Labute approximate surface area is 202 Å². The van der Waals surface area contributed by atoms with E-state index in [1.165, 1.54) is 57.8 Å². The van der Waals surface area contributed by atoms with E-state index in [4.69, 9.17) is 9.47 Å². The van der Waals surface area contributed by atoms with Crippen molar-refractivity contribution in [1.29, 1.82) is 0 Å². The van der Waals surface area contributed by atoms with Crippen molar-refractivity contribution >= 4 is 0 Å². The first-order chi connectivity index (χ1) is 16.1. The fourth-order valence-electron chi connectivity index (χ4n) is 3.77. The summed E-state index contributed by atoms with van der Waals surface area (Å²) in [5.41, 5.74) is 2.08. The van der Waals surface area contributed by atoms with Gasteiger partial charge in [-0.25, -0.2) is 9.97 Å². The molecule has 0 saturated carbocycles. The van der Waals surface area contributed by atoms with Gasteiger partial charge >= 0.3 is 6.01 Å². The Morgan fingerprint density at radius 1 is 0.636 bits per heavy atom. The molecule has 4 heteroatoms. The van der Waals surface area contributed by atoms with Crippen molar-refractivity contribution < 1.29 is 9.47 Å². The van der Waals surface area contributed by atoms with Crippen molar-refractivity contribution in [1.82, 2.24) is 9.97 Å². The van der Waals surface area contributed by atoms with Crippen LogP contribution in [0.1, 0.15) is 98.3 Å². The molecule has 184 valence electrons. The van der Waals surface area contributed by atoms with Crippen molar-refractivity contribution in [2.24, 2.45) is 11.8 Å². The first kappa shape index (κ1) is 27.1. The van der Waals surface area contributed by atoms with E-state index in [-0.39, 0.29) is 0 Å². The Morgan fingerprint density at radius 3 is 1.73 bits per heavy atom. The quantitative estimate of drug-likeness (QED) is 0.212. The largest absolute Gasteiger partial charge is 0.494 e. The summed E-state index contributed by atoms with van der Waals surface area (Å²) in [6.45, 7) is 10.7. The summed E-state index contributed by atoms with van der Waals surface area (Å²) >= 11 is 0. The molecule has 0 fully saturated rings. The molecule has 0 unspecified atom stereocenters. The van der Waals surface area contributed by atoms with Crippen LogP contribution in [-0.4, -0.2) is 23.2 Å². The average Bonchev–Trinajstić information content (AvgIpc) is 2.86. The van der Waals surface area contributed by atoms with Crippen LogP contribution in [0.3, 0.4) is 0 Å². The third-order valence-electron chi connectivity index (χ3n) is 6.64. The first-order valence-corrected chi connectivity index (χ1v) is 13.3. The van der Waals surface area contributed by atoms with E-state index in [9.17, 15) is 0 Å². The van der Waals surface area contributed by atoms with Gasteiger partial charge in [-0.1, -0.05) is 97.6 Å². The minimum atomic E-state index is 0.464. The van der Waals surface area contributed by atoms with Crippen LogP contribution in [0.5, 0.6) is 11.8 Å². The normalized spacial score (nSPS) is 13.0. The van der Waals surface area contributed by atoms with Gasteiger partial charge in [0.2, 0.25) is 0 Å². The van der Waals surface area contributed by atoms with Gasteiger partial charge in [0.1, 0.15) is 5.75 Å². The Morgan fingerprint density at radius 2 is 1.15 bits per heavy atom. The second-order valence-corrected chi connectivity index (χ2v) is 9.55. The van der Waals surface area contributed by atoms with E-state index < -0.39 is 0 Å². The molecule has 1 aromatic carbocycles. The minimum absolute atomic E-state index is 0.464. The van der Waals surface area contributed by atoms with Gasteiger partial charge in [-0.05, 0) is 42.4 Å². The molecule has 1 heterocycles. The highest BCUT2D eigenvalue weighted by Gasteiger charge is 2.04. The number of unbranched alkanes of at least 4 members (excludes halogenated alkanes) is 5. The van der Waals surface area contributed by atoms with Crippen molar-refractivity contribution in [2.45, 2.75) is 98.3 Å². The predicted octanol–water partition coefficient (Wildman–Crippen LogP) is 8.50. The van der Waals surface area contributed by atoms with Crippen LogP contribution >= 0.6 is 0 Å². The SMILES string of the molecule is CC[C@H](C)CCCCCCOc1ncc(-c2ccc(OCCCCC[C@@H](C)CC)cc2)cn1. The van der Waals surface area contributed by atoms with Crippen LogP contribution in [0.2, 0.25) is 0 Å². The van der Waals surface area contributed by atoms with Crippen LogP contribution in [-0.2, 0) is 0 Å². The maximum absolute atomic E-state index is 5.89. The van der Waals surface area contributed by atoms with Crippen molar-refractivity contribution in [3.05, 3.63) is 36.7 Å². The van der Waals surface area contributed by atoms with Gasteiger partial charge in [0.15, 0.2) is 0 Å². The van der Waals surface area contributed by atoms with Crippen molar-refractivity contribution in [3.63, 3.8) is 0 Å². The van der Waals surface area contributed by atoms with E-state index >= 15 is 0 Å². The molecule has 2 aromatic rings. The zero-order valence-electron chi connectivity index (χ0n) is 21.5. The number of hydrogen-bond donors (Lipinski definition) is 0. The lowest BCUT2D eigenvalue weighted by molar-refractivity contribution is 0.280. The van der Waals surface area contributed by atoms with Crippen molar-refractivity contribution in [3.8, 4) is 22.9 Å². The Balaban J connectivity index is 1.62. The number of benzene rings is 1. The number of aromatic nitrogens is 2. The maximum atomic E-state index is 5.89. The van der Waals surface area contributed by atoms with Crippen LogP contribution in [0.15, 0.2) is 36.7 Å². The van der Waals surface area contributed by atoms with Crippen LogP contribution in [0, 0.1) is 11.8 Å². The molecule has 0 radical (unpaired) electrons. The van der Waals surface area contributed by atoms with Gasteiger partial charge in [0.05, 0.1) is 13.2 Å². The van der Waals surface area contributed by atoms with Gasteiger partial charge in [-0.15, -0.1) is 0 Å². The molecule has 0 N–H and O–H groups in total. The number of rotatable bonds is 18. The minimum Gasteiger partial charge on any atom is -0.494 e. The Kier molecular flexibility index (Phi) is 13.6. The highest BCUT2D eigenvalue weighted by molar-refractivity contribution is 5.62. The standard InChI is InChI=1S/C29H46N2O2/c1-5-24(3)14-10-7-8-12-21-33-29-30-22-27(23-31-29)26-16-18-28(19-17-26)32-20-13-9-11-15-25(4)6-2/h16-19,22-25H,5-15,20-21H2,1-4H3/t24-,25-/m0/s1. The topological polar surface area (TPSA) is 44.2 Å². The van der Waals surface area contributed by atoms with Crippen LogP contribution in [0.4, 0.5) is 0 Å². The molecule has 33 heavy (non-hydrogen) atoms. The summed E-state index contributed by atoms with van der Waals surface area (Å²) in [7, 11) is 0. The highest BCUT2D eigenvalue weighted by atomic mass is 16.5. The fourth-order valence-corrected chi connectivity index (χ4v) is 3.77. The molecule has 2 atom stereocenters. The monoisotopic (exact) mass is 454 g/mol. The molecule has 0 spiro atoms. The summed E-state index contributed by atoms with van der Waals surface area (Å²) in [5.74, 6) is 2.62. The summed E-state index contributed by atoms with van der Waals surface area (Å²) in [6.07, 6.45) is 17.4. The molecule has 0 saturated heterocycles. The van der Waals surface area contributed by atoms with E-state index in [0.29, 0.717) is 12.6 Å². The van der Waals surface area contributed by atoms with E-state index in [1.807, 2.05) is 24.5 Å². The molecule has 0 aliphatic heterocycles. The van der Waals surface area contributed by atoms with Gasteiger partial charge < -0.3 is 9.47 Å². The molecule has 0 aliphatic carbocycles. The lowest BCUT2D eigenvalue weighted by atomic mass is 10.0. The van der Waals surface area contributed by atoms with Crippen molar-refractivity contribution in [2.75, 3.05) is 13.2 Å². The third kappa shape index (κ3) is 11.5. The van der Waals surface area contributed by atoms with Gasteiger partial charge in [0.25, 0.3) is 0 Å². The zero-order chi connectivity index (χ0) is 23.7. The third-order valence-corrected chi connectivity index (χ3v) is 6.64. The summed E-state index contributed by atoms with van der Waals surface area (Å²) in [4.78, 5) is 8.76. The molecule has 0 amide bonds. The fraction of sp³-hybridized carbons (Fsp3) is 0.655. The number of hydrogen-bond acceptors (Lipinski definition) is 4. The van der Waals surface area contributed by atoms with Gasteiger partial charge in [0, 0.05) is 18.0 Å². The van der Waals surface area contributed by atoms with E-state index in [1.54, 1.807) is 0 Å². The Hall–Kier alpha value is -2.10. The smallest absolute Gasteiger partial charge is 0.316 e. The maximum Gasteiger partial charge on any atom is 0.316 e. The molecule has 0 bridgehead atoms. The summed E-state index contributed by atoms with van der Waals surface area (Å²) in [6, 6.07) is 8.65. The molecule has 4 nitrogen and oxygen atoms in total. The predicted molar refractivity (Wildman–Crippen MR) is 139 cm³/mol. The summed E-state index contributed by atoms with van der Waals surface area (Å²) in [5, 5.41) is 0. The van der Waals surface area contributed by atoms with Gasteiger partial charge in [-0.2, -0.15) is 0 Å². The lowest BCUT2D eigenvalue weighted by Gasteiger charge is -2.09. The first-order valence-electron chi connectivity index (χ1n) is 13.3. The molecule has 2 rings (SSSR count). The van der Waals surface area contributed by atoms with Crippen LogP contribution < -0.4 is 9.47 Å². The number of nitrogens with zero attached hydrogens (tertiary/aromatic N) is 2. The van der Waals surface area contributed by atoms with Gasteiger partial charge in [-0.3, -0.25) is 0 Å². The molecular formula is C29H46N2O2. The zero-order valence-corrected chi connectivity index (χ0v) is 21.5. The number of ether oxygens (including phenoxy) is 2. The second-order valence-electron chi connectivity index (χ2n) is 9.55. The molecular weight excluding hydrogens is 408 g/mol.